The highest BCUT2D eigenvalue weighted by Gasteiger charge is 2.29. The first-order valence-electron chi connectivity index (χ1n) is 8.91. The number of piperidine rings is 1. The van der Waals surface area contributed by atoms with Gasteiger partial charge in [-0.1, -0.05) is 6.07 Å². The fraction of sp³-hybridized carbons (Fsp3) is 0.579. The van der Waals surface area contributed by atoms with Crippen LogP contribution in [0, 0.1) is 5.92 Å². The van der Waals surface area contributed by atoms with Crippen LogP contribution in [0.5, 0.6) is 5.75 Å². The largest absolute Gasteiger partial charge is 0.481 e. The standard InChI is InChI=1S/C19H26N2O3/c1-13(19(23)21-10-8-15(9-11-21)18(20)22)24-17-7-6-14-4-2-3-5-16(14)12-17/h6-7,12-13,15H,2-5,8-11H2,1H3,(H2,20,22)/t13-/m1/s1. The van der Waals surface area contributed by atoms with Gasteiger partial charge < -0.3 is 15.4 Å². The highest BCUT2D eigenvalue weighted by Crippen LogP contribution is 2.26. The van der Waals surface area contributed by atoms with Crippen LogP contribution in [0.2, 0.25) is 0 Å². The molecule has 0 bridgehead atoms. The van der Waals surface area contributed by atoms with E-state index in [1.807, 2.05) is 6.07 Å². The topological polar surface area (TPSA) is 72.6 Å². The molecule has 5 heteroatoms. The number of rotatable bonds is 4. The third kappa shape index (κ3) is 3.71. The zero-order valence-corrected chi connectivity index (χ0v) is 14.3. The number of fused-ring (bicyclic) bond motifs is 1. The van der Waals surface area contributed by atoms with Crippen molar-refractivity contribution in [3.05, 3.63) is 29.3 Å². The van der Waals surface area contributed by atoms with Crippen molar-refractivity contribution >= 4 is 11.8 Å². The van der Waals surface area contributed by atoms with Crippen LogP contribution in [0.25, 0.3) is 0 Å². The molecule has 1 aromatic carbocycles. The molecule has 0 aromatic heterocycles. The lowest BCUT2D eigenvalue weighted by Gasteiger charge is -2.32. The lowest BCUT2D eigenvalue weighted by Crippen LogP contribution is -2.46. The molecule has 1 heterocycles. The number of hydrogen-bond donors (Lipinski definition) is 1. The third-order valence-corrected chi connectivity index (χ3v) is 5.19. The maximum atomic E-state index is 12.6. The Bertz CT molecular complexity index is 621. The SMILES string of the molecule is C[C@@H](Oc1ccc2c(c1)CCCC2)C(=O)N1CCC(C(N)=O)CC1. The number of carbonyl (C=O) groups excluding carboxylic acids is 2. The van der Waals surface area contributed by atoms with E-state index >= 15 is 0 Å². The van der Waals surface area contributed by atoms with Crippen LogP contribution in [0.4, 0.5) is 0 Å². The first kappa shape index (κ1) is 16.8. The number of benzene rings is 1. The van der Waals surface area contributed by atoms with E-state index < -0.39 is 6.10 Å². The molecule has 2 amide bonds. The quantitative estimate of drug-likeness (QED) is 0.918. The van der Waals surface area contributed by atoms with Crippen molar-refractivity contribution in [3.8, 4) is 5.75 Å². The van der Waals surface area contributed by atoms with E-state index in [0.29, 0.717) is 25.9 Å². The van der Waals surface area contributed by atoms with Gasteiger partial charge in [-0.15, -0.1) is 0 Å². The van der Waals surface area contributed by atoms with Crippen molar-refractivity contribution in [2.45, 2.75) is 51.6 Å². The molecule has 3 rings (SSSR count). The van der Waals surface area contributed by atoms with Crippen LogP contribution in [0.3, 0.4) is 0 Å². The van der Waals surface area contributed by atoms with Gasteiger partial charge in [0.15, 0.2) is 6.10 Å². The number of carbonyl (C=O) groups is 2. The Hall–Kier alpha value is -2.04. The van der Waals surface area contributed by atoms with Gasteiger partial charge in [0.1, 0.15) is 5.75 Å². The predicted octanol–water partition coefficient (Wildman–Crippen LogP) is 2.06. The Labute approximate surface area is 143 Å². The van der Waals surface area contributed by atoms with Crippen LogP contribution < -0.4 is 10.5 Å². The van der Waals surface area contributed by atoms with Crippen molar-refractivity contribution in [2.24, 2.45) is 11.7 Å². The minimum absolute atomic E-state index is 0.0179. The number of primary amides is 1. The lowest BCUT2D eigenvalue weighted by atomic mass is 9.92. The summed E-state index contributed by atoms with van der Waals surface area (Å²) in [5, 5.41) is 0. The minimum atomic E-state index is -0.517. The average Bonchev–Trinajstić information content (AvgIpc) is 2.61. The maximum Gasteiger partial charge on any atom is 0.263 e. The van der Waals surface area contributed by atoms with E-state index in [2.05, 4.69) is 12.1 Å². The van der Waals surface area contributed by atoms with E-state index in [4.69, 9.17) is 10.5 Å². The van der Waals surface area contributed by atoms with Gasteiger partial charge in [-0.3, -0.25) is 9.59 Å². The van der Waals surface area contributed by atoms with Gasteiger partial charge in [0.2, 0.25) is 5.91 Å². The maximum absolute atomic E-state index is 12.6. The molecule has 1 aliphatic carbocycles. The van der Waals surface area contributed by atoms with E-state index in [-0.39, 0.29) is 17.7 Å². The Balaban J connectivity index is 1.57. The van der Waals surface area contributed by atoms with Gasteiger partial charge in [0.25, 0.3) is 5.91 Å². The molecule has 24 heavy (non-hydrogen) atoms. The Kier molecular flexibility index (Phi) is 5.07. The molecule has 0 radical (unpaired) electrons. The van der Waals surface area contributed by atoms with Crippen molar-refractivity contribution < 1.29 is 14.3 Å². The second-order valence-electron chi connectivity index (χ2n) is 6.90. The molecular formula is C19H26N2O3. The minimum Gasteiger partial charge on any atom is -0.481 e. The van der Waals surface area contributed by atoms with Crippen molar-refractivity contribution in [1.82, 2.24) is 4.90 Å². The molecule has 1 atom stereocenters. The van der Waals surface area contributed by atoms with Crippen molar-refractivity contribution in [1.29, 1.82) is 0 Å². The Morgan fingerprint density at radius 3 is 2.50 bits per heavy atom. The number of aryl methyl sites for hydroxylation is 2. The van der Waals surface area contributed by atoms with E-state index in [1.165, 1.54) is 24.0 Å². The summed E-state index contributed by atoms with van der Waals surface area (Å²) in [6.45, 7) is 2.94. The summed E-state index contributed by atoms with van der Waals surface area (Å²) in [4.78, 5) is 25.6. The third-order valence-electron chi connectivity index (χ3n) is 5.19. The Morgan fingerprint density at radius 2 is 1.83 bits per heavy atom. The molecule has 5 nitrogen and oxygen atoms in total. The monoisotopic (exact) mass is 330 g/mol. The summed E-state index contributed by atoms with van der Waals surface area (Å²) >= 11 is 0. The lowest BCUT2D eigenvalue weighted by molar-refractivity contribution is -0.140. The molecular weight excluding hydrogens is 304 g/mol. The first-order valence-corrected chi connectivity index (χ1v) is 8.91. The number of ether oxygens (including phenoxy) is 1. The summed E-state index contributed by atoms with van der Waals surface area (Å²) in [7, 11) is 0. The summed E-state index contributed by atoms with van der Waals surface area (Å²) in [6, 6.07) is 6.17. The van der Waals surface area contributed by atoms with Crippen molar-refractivity contribution in [2.75, 3.05) is 13.1 Å². The number of nitrogens with two attached hydrogens (primary N) is 1. The summed E-state index contributed by atoms with van der Waals surface area (Å²) in [5.74, 6) is 0.380. The van der Waals surface area contributed by atoms with E-state index in [1.54, 1.807) is 11.8 Å². The van der Waals surface area contributed by atoms with Crippen LogP contribution >= 0.6 is 0 Å². The molecule has 1 aliphatic heterocycles. The van der Waals surface area contributed by atoms with E-state index in [0.717, 1.165) is 18.6 Å². The number of nitrogens with zero attached hydrogens (tertiary/aromatic N) is 1. The van der Waals surface area contributed by atoms with Crippen LogP contribution in [0.15, 0.2) is 18.2 Å². The second-order valence-corrected chi connectivity index (χ2v) is 6.90. The molecule has 1 fully saturated rings. The van der Waals surface area contributed by atoms with Crippen molar-refractivity contribution in [3.63, 3.8) is 0 Å². The molecule has 2 N–H and O–H groups in total. The smallest absolute Gasteiger partial charge is 0.263 e. The zero-order chi connectivity index (χ0) is 17.1. The van der Waals surface area contributed by atoms with Gasteiger partial charge in [-0.2, -0.15) is 0 Å². The fourth-order valence-corrected chi connectivity index (χ4v) is 3.68. The summed E-state index contributed by atoms with van der Waals surface area (Å²) in [6.07, 6.45) is 5.48. The van der Waals surface area contributed by atoms with Gasteiger partial charge in [-0.05, 0) is 68.7 Å². The molecule has 2 aliphatic rings. The molecule has 0 saturated carbocycles. The first-order chi connectivity index (χ1) is 11.5. The molecule has 0 unspecified atom stereocenters. The van der Waals surface area contributed by atoms with Crippen LogP contribution in [0.1, 0.15) is 43.7 Å². The van der Waals surface area contributed by atoms with Gasteiger partial charge in [0.05, 0.1) is 0 Å². The number of amides is 2. The molecule has 130 valence electrons. The highest BCUT2D eigenvalue weighted by atomic mass is 16.5. The zero-order valence-electron chi connectivity index (χ0n) is 14.3. The predicted molar refractivity (Wildman–Crippen MR) is 91.7 cm³/mol. The van der Waals surface area contributed by atoms with Gasteiger partial charge in [0, 0.05) is 19.0 Å². The Morgan fingerprint density at radius 1 is 1.17 bits per heavy atom. The van der Waals surface area contributed by atoms with Gasteiger partial charge in [-0.25, -0.2) is 0 Å². The highest BCUT2D eigenvalue weighted by molar-refractivity contribution is 5.82. The summed E-state index contributed by atoms with van der Waals surface area (Å²) < 4.78 is 5.89. The summed E-state index contributed by atoms with van der Waals surface area (Å²) in [5.41, 5.74) is 8.09. The normalized spacial score (nSPS) is 19.5. The molecule has 1 saturated heterocycles. The average molecular weight is 330 g/mol. The van der Waals surface area contributed by atoms with Gasteiger partial charge >= 0.3 is 0 Å². The molecule has 0 spiro atoms. The fourth-order valence-electron chi connectivity index (χ4n) is 3.68. The van der Waals surface area contributed by atoms with Crippen LogP contribution in [-0.2, 0) is 22.4 Å². The van der Waals surface area contributed by atoms with Crippen LogP contribution in [-0.4, -0.2) is 35.9 Å². The number of likely N-dealkylation sites (tertiary alicyclic amines) is 1. The molecule has 1 aromatic rings. The second kappa shape index (κ2) is 7.24. The number of hydrogen-bond acceptors (Lipinski definition) is 3. The van der Waals surface area contributed by atoms with E-state index in [9.17, 15) is 9.59 Å².